The maximum atomic E-state index is 12.4. The number of anilines is 1. The molecule has 0 aliphatic rings. The zero-order valence-electron chi connectivity index (χ0n) is 12.1. The number of hydrogen-bond donors (Lipinski definition) is 2. The Hall–Kier alpha value is -1.37. The molecule has 21 heavy (non-hydrogen) atoms. The summed E-state index contributed by atoms with van der Waals surface area (Å²) >= 11 is 3.46. The first-order valence-electron chi connectivity index (χ1n) is 6.24. The van der Waals surface area contributed by atoms with Gasteiger partial charge in [0.25, 0.3) is 0 Å². The summed E-state index contributed by atoms with van der Waals surface area (Å²) in [5, 5.41) is 10.0. The second-order valence-electron chi connectivity index (χ2n) is 4.57. The van der Waals surface area contributed by atoms with Crippen LogP contribution in [0.5, 0.6) is 0 Å². The van der Waals surface area contributed by atoms with Crippen molar-refractivity contribution in [2.75, 3.05) is 12.4 Å². The van der Waals surface area contributed by atoms with Gasteiger partial charge in [-0.3, -0.25) is 9.48 Å². The zero-order chi connectivity index (χ0) is 14.7. The third-order valence-electron chi connectivity index (χ3n) is 3.13. The van der Waals surface area contributed by atoms with Gasteiger partial charge in [-0.1, -0.05) is 22.0 Å². The lowest BCUT2D eigenvalue weighted by molar-refractivity contribution is -0.118. The van der Waals surface area contributed by atoms with E-state index < -0.39 is 6.04 Å². The van der Waals surface area contributed by atoms with Crippen LogP contribution in [0.1, 0.15) is 17.2 Å². The molecule has 7 heteroatoms. The smallest absolute Gasteiger partial charge is 0.246 e. The summed E-state index contributed by atoms with van der Waals surface area (Å²) in [4.78, 5) is 12.4. The van der Waals surface area contributed by atoms with Crippen molar-refractivity contribution in [1.29, 1.82) is 0 Å². The van der Waals surface area contributed by atoms with E-state index in [1.807, 2.05) is 38.4 Å². The number of amides is 1. The van der Waals surface area contributed by atoms with Gasteiger partial charge in [-0.2, -0.15) is 5.10 Å². The summed E-state index contributed by atoms with van der Waals surface area (Å²) in [6.45, 7) is 1.96. The number of hydrogen-bond acceptors (Lipinski definition) is 3. The minimum atomic E-state index is -0.429. The Morgan fingerprint density at radius 3 is 2.71 bits per heavy atom. The van der Waals surface area contributed by atoms with Crippen molar-refractivity contribution in [3.05, 3.63) is 46.2 Å². The maximum absolute atomic E-state index is 12.4. The number of nitrogens with one attached hydrogen (secondary N) is 2. The third kappa shape index (κ3) is 4.06. The lowest BCUT2D eigenvalue weighted by atomic mass is 10.1. The van der Waals surface area contributed by atoms with E-state index in [0.29, 0.717) is 0 Å². The van der Waals surface area contributed by atoms with Crippen molar-refractivity contribution < 1.29 is 4.79 Å². The number of rotatable bonds is 4. The van der Waals surface area contributed by atoms with Crippen LogP contribution in [-0.4, -0.2) is 22.7 Å². The number of benzene rings is 1. The fourth-order valence-electron chi connectivity index (χ4n) is 1.99. The van der Waals surface area contributed by atoms with Gasteiger partial charge >= 0.3 is 0 Å². The van der Waals surface area contributed by atoms with Crippen LogP contribution >= 0.6 is 28.3 Å². The quantitative estimate of drug-likeness (QED) is 0.866. The standard InChI is InChI=1S/C14H17BrN4O.ClH/c1-9-11(15)5-4-6-12(9)18-14(20)13(16-2)10-7-17-19(3)8-10;/h4-8,13,16H,1-3H3,(H,18,20);1H. The molecule has 0 aliphatic heterocycles. The van der Waals surface area contributed by atoms with Crippen molar-refractivity contribution in [2.24, 2.45) is 7.05 Å². The zero-order valence-corrected chi connectivity index (χ0v) is 14.5. The lowest BCUT2D eigenvalue weighted by Gasteiger charge is -2.16. The molecular formula is C14H18BrClN4O. The predicted octanol–water partition coefficient (Wildman–Crippen LogP) is 2.81. The second kappa shape index (κ2) is 7.59. The first-order chi connectivity index (χ1) is 9.52. The van der Waals surface area contributed by atoms with E-state index in [1.54, 1.807) is 17.9 Å². The minimum Gasteiger partial charge on any atom is -0.324 e. The number of aromatic nitrogens is 2. The van der Waals surface area contributed by atoms with Gasteiger partial charge in [0.05, 0.1) is 6.20 Å². The van der Waals surface area contributed by atoms with Gasteiger partial charge in [0.1, 0.15) is 6.04 Å². The van der Waals surface area contributed by atoms with Crippen LogP contribution in [0.4, 0.5) is 5.69 Å². The van der Waals surface area contributed by atoms with Crippen molar-refractivity contribution >= 4 is 39.9 Å². The van der Waals surface area contributed by atoms with E-state index in [0.717, 1.165) is 21.3 Å². The summed E-state index contributed by atoms with van der Waals surface area (Å²) in [6, 6.07) is 5.29. The van der Waals surface area contributed by atoms with Gasteiger partial charge in [-0.25, -0.2) is 0 Å². The molecule has 2 rings (SSSR count). The highest BCUT2D eigenvalue weighted by atomic mass is 79.9. The topological polar surface area (TPSA) is 59.0 Å². The van der Waals surface area contributed by atoms with Crippen LogP contribution in [0, 0.1) is 6.92 Å². The molecule has 0 aliphatic carbocycles. The molecule has 1 heterocycles. The molecule has 0 radical (unpaired) electrons. The van der Waals surface area contributed by atoms with Gasteiger partial charge in [-0.05, 0) is 31.7 Å². The fourth-order valence-corrected chi connectivity index (χ4v) is 2.35. The molecule has 0 bridgehead atoms. The summed E-state index contributed by atoms with van der Waals surface area (Å²) in [5.41, 5.74) is 2.63. The van der Waals surface area contributed by atoms with E-state index in [1.165, 1.54) is 0 Å². The molecule has 1 aromatic carbocycles. The first kappa shape index (κ1) is 17.7. The normalized spacial score (nSPS) is 11.6. The number of aryl methyl sites for hydroxylation is 1. The van der Waals surface area contributed by atoms with Gasteiger partial charge in [0.2, 0.25) is 5.91 Å². The molecule has 0 saturated carbocycles. The highest BCUT2D eigenvalue weighted by molar-refractivity contribution is 9.10. The molecule has 114 valence electrons. The highest BCUT2D eigenvalue weighted by Gasteiger charge is 2.20. The van der Waals surface area contributed by atoms with Gasteiger partial charge in [0.15, 0.2) is 0 Å². The third-order valence-corrected chi connectivity index (χ3v) is 3.99. The summed E-state index contributed by atoms with van der Waals surface area (Å²) < 4.78 is 2.65. The second-order valence-corrected chi connectivity index (χ2v) is 5.43. The Balaban J connectivity index is 0.00000220. The Labute approximate surface area is 138 Å². The number of carbonyl (C=O) groups is 1. The minimum absolute atomic E-state index is 0. The Kier molecular flexibility index (Phi) is 6.39. The van der Waals surface area contributed by atoms with Crippen molar-refractivity contribution in [3.8, 4) is 0 Å². The molecule has 1 unspecified atom stereocenters. The summed E-state index contributed by atoms with van der Waals surface area (Å²) in [7, 11) is 3.58. The van der Waals surface area contributed by atoms with Crippen LogP contribution < -0.4 is 10.6 Å². The molecule has 1 aromatic heterocycles. The predicted molar refractivity (Wildman–Crippen MR) is 89.8 cm³/mol. The van der Waals surface area contributed by atoms with Crippen LogP contribution in [0.3, 0.4) is 0 Å². The average Bonchev–Trinajstić information content (AvgIpc) is 2.82. The number of carbonyl (C=O) groups excluding carboxylic acids is 1. The first-order valence-corrected chi connectivity index (χ1v) is 7.04. The summed E-state index contributed by atoms with van der Waals surface area (Å²) in [6.07, 6.45) is 3.52. The highest BCUT2D eigenvalue weighted by Crippen LogP contribution is 2.24. The molecule has 1 amide bonds. The van der Waals surface area contributed by atoms with Gasteiger partial charge < -0.3 is 10.6 Å². The van der Waals surface area contributed by atoms with E-state index in [4.69, 9.17) is 0 Å². The van der Waals surface area contributed by atoms with Crippen LogP contribution in [0.2, 0.25) is 0 Å². The fraction of sp³-hybridized carbons (Fsp3) is 0.286. The molecule has 1 atom stereocenters. The molecule has 0 saturated heterocycles. The van der Waals surface area contributed by atoms with Crippen LogP contribution in [0.15, 0.2) is 35.1 Å². The molecule has 0 spiro atoms. The van der Waals surface area contributed by atoms with Gasteiger partial charge in [0, 0.05) is 29.0 Å². The Morgan fingerprint density at radius 1 is 1.43 bits per heavy atom. The Bertz CT molecular complexity index is 629. The SMILES string of the molecule is CNC(C(=O)Nc1cccc(Br)c1C)c1cnn(C)c1.Cl. The van der Waals surface area contributed by atoms with Crippen molar-refractivity contribution in [1.82, 2.24) is 15.1 Å². The number of halogens is 2. The van der Waals surface area contributed by atoms with E-state index in [9.17, 15) is 4.79 Å². The largest absolute Gasteiger partial charge is 0.324 e. The van der Waals surface area contributed by atoms with E-state index in [2.05, 4.69) is 31.7 Å². The van der Waals surface area contributed by atoms with Gasteiger partial charge in [-0.15, -0.1) is 12.4 Å². The molecule has 2 N–H and O–H groups in total. The summed E-state index contributed by atoms with van der Waals surface area (Å²) in [5.74, 6) is -0.110. The van der Waals surface area contributed by atoms with Crippen LogP contribution in [0.25, 0.3) is 0 Å². The number of nitrogens with zero attached hydrogens (tertiary/aromatic N) is 2. The monoisotopic (exact) mass is 372 g/mol. The van der Waals surface area contributed by atoms with Crippen molar-refractivity contribution in [2.45, 2.75) is 13.0 Å². The maximum Gasteiger partial charge on any atom is 0.246 e. The van der Waals surface area contributed by atoms with Crippen LogP contribution in [-0.2, 0) is 11.8 Å². The van der Waals surface area contributed by atoms with E-state index >= 15 is 0 Å². The average molecular weight is 374 g/mol. The lowest BCUT2D eigenvalue weighted by Crippen LogP contribution is -2.30. The molecule has 2 aromatic rings. The molecule has 5 nitrogen and oxygen atoms in total. The van der Waals surface area contributed by atoms with Crippen molar-refractivity contribution in [3.63, 3.8) is 0 Å². The molecular weight excluding hydrogens is 356 g/mol. The molecule has 0 fully saturated rings. The number of likely N-dealkylation sites (N-methyl/N-ethyl adjacent to an activating group) is 1. The van der Waals surface area contributed by atoms with E-state index in [-0.39, 0.29) is 18.3 Å². The Morgan fingerprint density at radius 2 is 2.14 bits per heavy atom.